The van der Waals surface area contributed by atoms with Crippen LogP contribution in [0.1, 0.15) is 0 Å². The van der Waals surface area contributed by atoms with Crippen molar-refractivity contribution in [1.29, 1.82) is 0 Å². The van der Waals surface area contributed by atoms with Crippen LogP contribution in [-0.4, -0.2) is 26.9 Å². The molecule has 2 aromatic rings. The van der Waals surface area contributed by atoms with Gasteiger partial charge in [-0.2, -0.15) is 0 Å². The van der Waals surface area contributed by atoms with Crippen LogP contribution in [0.4, 0.5) is 17.3 Å². The highest BCUT2D eigenvalue weighted by atomic mass is 127. The molecule has 82 valence electrons. The molecule has 1 aromatic heterocycles. The maximum atomic E-state index is 4.01. The lowest BCUT2D eigenvalue weighted by molar-refractivity contribution is 0.706. The predicted molar refractivity (Wildman–Crippen MR) is 68.6 cm³/mol. The first-order valence-corrected chi connectivity index (χ1v) is 5.87. The Balaban J connectivity index is 2.09. The van der Waals surface area contributed by atoms with Crippen molar-refractivity contribution < 1.29 is 0 Å². The van der Waals surface area contributed by atoms with Gasteiger partial charge in [0.2, 0.25) is 0 Å². The molecule has 1 N–H and O–H groups in total. The summed E-state index contributed by atoms with van der Waals surface area (Å²) in [7, 11) is 1.83. The predicted octanol–water partition coefficient (Wildman–Crippen LogP) is 1.34. The Morgan fingerprint density at radius 1 is 1.44 bits per heavy atom. The van der Waals surface area contributed by atoms with Gasteiger partial charge in [-0.3, -0.25) is 4.90 Å². The van der Waals surface area contributed by atoms with Gasteiger partial charge in [0.1, 0.15) is 0 Å². The minimum atomic E-state index is 0.698. The van der Waals surface area contributed by atoms with Crippen molar-refractivity contribution in [2.75, 3.05) is 16.9 Å². The summed E-state index contributed by atoms with van der Waals surface area (Å²) in [5, 5.41) is 14.8. The van der Waals surface area contributed by atoms with Crippen LogP contribution >= 0.6 is 22.6 Å². The number of fused-ring (bicyclic) bond motifs is 1. The number of aryl methyl sites for hydroxylation is 1. The van der Waals surface area contributed by atoms with E-state index in [1.807, 2.05) is 7.05 Å². The molecule has 0 saturated heterocycles. The average Bonchev–Trinajstić information content (AvgIpc) is 2.83. The number of nitrogens with one attached hydrogen (secondary N) is 1. The molecule has 0 unspecified atom stereocenters. The Morgan fingerprint density at radius 3 is 3.06 bits per heavy atom. The Labute approximate surface area is 106 Å². The summed E-state index contributed by atoms with van der Waals surface area (Å²) in [6.45, 7) is 0.698. The number of hydrogen-bond donors (Lipinski definition) is 1. The Hall–Kier alpha value is -1.38. The first-order valence-electron chi connectivity index (χ1n) is 4.79. The summed E-state index contributed by atoms with van der Waals surface area (Å²) in [5.74, 6) is 0.744. The first kappa shape index (κ1) is 9.82. The van der Waals surface area contributed by atoms with E-state index in [1.54, 1.807) is 4.68 Å². The van der Waals surface area contributed by atoms with Crippen LogP contribution in [-0.2, 0) is 7.05 Å². The summed E-state index contributed by atoms with van der Waals surface area (Å²) in [6.07, 6.45) is 0. The van der Waals surface area contributed by atoms with Crippen LogP contribution in [0.2, 0.25) is 0 Å². The van der Waals surface area contributed by atoms with E-state index in [4.69, 9.17) is 0 Å². The Bertz CT molecular complexity index is 537. The molecule has 1 aliphatic heterocycles. The van der Waals surface area contributed by atoms with Gasteiger partial charge >= 0.3 is 0 Å². The number of rotatable bonds is 1. The summed E-state index contributed by atoms with van der Waals surface area (Å²) >= 11 is 2.30. The number of benzene rings is 1. The lowest BCUT2D eigenvalue weighted by Gasteiger charge is -2.14. The normalized spacial score (nSPS) is 13.8. The van der Waals surface area contributed by atoms with Crippen molar-refractivity contribution in [3.05, 3.63) is 21.8 Å². The number of halogens is 1. The van der Waals surface area contributed by atoms with E-state index in [0.29, 0.717) is 6.67 Å². The molecule has 0 spiro atoms. The van der Waals surface area contributed by atoms with Crippen molar-refractivity contribution >= 4 is 39.9 Å². The van der Waals surface area contributed by atoms with E-state index in [9.17, 15) is 0 Å². The van der Waals surface area contributed by atoms with Gasteiger partial charge in [0, 0.05) is 10.6 Å². The number of tetrazole rings is 1. The van der Waals surface area contributed by atoms with Gasteiger partial charge in [-0.25, -0.2) is 4.68 Å². The Morgan fingerprint density at radius 2 is 2.31 bits per heavy atom. The second kappa shape index (κ2) is 3.58. The van der Waals surface area contributed by atoms with Crippen LogP contribution in [0, 0.1) is 3.57 Å². The summed E-state index contributed by atoms with van der Waals surface area (Å²) in [5.41, 5.74) is 2.23. The van der Waals surface area contributed by atoms with E-state index in [0.717, 1.165) is 17.3 Å². The van der Waals surface area contributed by atoms with E-state index >= 15 is 0 Å². The fraction of sp³-hybridized carbons (Fsp3) is 0.222. The molecule has 0 saturated carbocycles. The maximum Gasteiger partial charge on any atom is 0.251 e. The molecule has 0 fully saturated rings. The lowest BCUT2D eigenvalue weighted by Crippen LogP contribution is -2.20. The zero-order chi connectivity index (χ0) is 11.1. The highest BCUT2D eigenvalue weighted by Gasteiger charge is 2.23. The lowest BCUT2D eigenvalue weighted by atomic mass is 10.3. The van der Waals surface area contributed by atoms with Gasteiger partial charge in [-0.1, -0.05) is 5.10 Å². The smallest absolute Gasteiger partial charge is 0.251 e. The molecule has 0 radical (unpaired) electrons. The minimum absolute atomic E-state index is 0.698. The largest absolute Gasteiger partial charge is 0.366 e. The van der Waals surface area contributed by atoms with Gasteiger partial charge < -0.3 is 5.32 Å². The van der Waals surface area contributed by atoms with Crippen molar-refractivity contribution in [3.63, 3.8) is 0 Å². The van der Waals surface area contributed by atoms with Gasteiger partial charge in [0.15, 0.2) is 0 Å². The fourth-order valence-electron chi connectivity index (χ4n) is 1.76. The molecule has 6 nitrogen and oxygen atoms in total. The van der Waals surface area contributed by atoms with E-state index in [2.05, 4.69) is 66.5 Å². The zero-order valence-electron chi connectivity index (χ0n) is 8.55. The van der Waals surface area contributed by atoms with E-state index in [-0.39, 0.29) is 0 Å². The highest BCUT2D eigenvalue weighted by molar-refractivity contribution is 14.1. The molecule has 3 rings (SSSR count). The second-order valence-corrected chi connectivity index (χ2v) is 4.77. The molecule has 0 bridgehead atoms. The summed E-state index contributed by atoms with van der Waals surface area (Å²) in [4.78, 5) is 2.05. The van der Waals surface area contributed by atoms with Crippen molar-refractivity contribution in [3.8, 4) is 0 Å². The van der Waals surface area contributed by atoms with Crippen LogP contribution in [0.25, 0.3) is 0 Å². The van der Waals surface area contributed by atoms with Gasteiger partial charge in [-0.05, 0) is 51.2 Å². The van der Waals surface area contributed by atoms with E-state index < -0.39 is 0 Å². The topological polar surface area (TPSA) is 58.9 Å². The number of nitrogens with zero attached hydrogens (tertiary/aromatic N) is 5. The molecule has 1 aliphatic rings. The van der Waals surface area contributed by atoms with Gasteiger partial charge in [0.25, 0.3) is 5.95 Å². The first-order chi connectivity index (χ1) is 7.75. The number of hydrogen-bond acceptors (Lipinski definition) is 5. The third-order valence-corrected chi connectivity index (χ3v) is 3.19. The molecule has 1 aromatic carbocycles. The molecular formula is C9H9IN6. The highest BCUT2D eigenvalue weighted by Crippen LogP contribution is 2.36. The van der Waals surface area contributed by atoms with Gasteiger partial charge in [0.05, 0.1) is 18.0 Å². The van der Waals surface area contributed by atoms with Crippen molar-refractivity contribution in [1.82, 2.24) is 20.2 Å². The van der Waals surface area contributed by atoms with Crippen molar-refractivity contribution in [2.45, 2.75) is 0 Å². The second-order valence-electron chi connectivity index (χ2n) is 3.53. The quantitative estimate of drug-likeness (QED) is 0.801. The number of aromatic nitrogens is 4. The standard InChI is InChI=1S/C9H9IN6/c1-15-9(12-13-14-15)16-5-11-7-3-2-6(10)4-8(7)16/h2-4,11H,5H2,1H3. The van der Waals surface area contributed by atoms with Crippen molar-refractivity contribution in [2.24, 2.45) is 7.05 Å². The molecular weight excluding hydrogens is 319 g/mol. The van der Waals surface area contributed by atoms with E-state index in [1.165, 1.54) is 3.57 Å². The summed E-state index contributed by atoms with van der Waals surface area (Å²) in [6, 6.07) is 6.26. The fourth-order valence-corrected chi connectivity index (χ4v) is 2.23. The molecule has 0 amide bonds. The molecule has 16 heavy (non-hydrogen) atoms. The molecule has 0 atom stereocenters. The molecule has 7 heteroatoms. The third-order valence-electron chi connectivity index (χ3n) is 2.52. The van der Waals surface area contributed by atoms with Crippen LogP contribution in [0.5, 0.6) is 0 Å². The molecule has 0 aliphatic carbocycles. The number of anilines is 3. The average molecular weight is 328 g/mol. The monoisotopic (exact) mass is 328 g/mol. The van der Waals surface area contributed by atoms with Gasteiger partial charge in [-0.15, -0.1) is 0 Å². The third kappa shape index (κ3) is 1.42. The Kier molecular flexibility index (Phi) is 2.20. The van der Waals surface area contributed by atoms with Crippen LogP contribution in [0.3, 0.4) is 0 Å². The summed E-state index contributed by atoms with van der Waals surface area (Å²) < 4.78 is 2.86. The van der Waals surface area contributed by atoms with Crippen LogP contribution in [0.15, 0.2) is 18.2 Å². The molecule has 2 heterocycles. The maximum absolute atomic E-state index is 4.01. The zero-order valence-corrected chi connectivity index (χ0v) is 10.7. The minimum Gasteiger partial charge on any atom is -0.366 e. The van der Waals surface area contributed by atoms with Crippen LogP contribution < -0.4 is 10.2 Å². The SMILES string of the molecule is Cn1nnnc1N1CNc2ccc(I)cc21.